The first kappa shape index (κ1) is 15.4. The fourth-order valence-electron chi connectivity index (χ4n) is 1.75. The van der Waals surface area contributed by atoms with Gasteiger partial charge in [-0.25, -0.2) is 0 Å². The van der Waals surface area contributed by atoms with Crippen LogP contribution in [0.3, 0.4) is 0 Å². The zero-order chi connectivity index (χ0) is 14.4. The van der Waals surface area contributed by atoms with Gasteiger partial charge in [0.05, 0.1) is 17.6 Å². The predicted octanol–water partition coefficient (Wildman–Crippen LogP) is 1.38. The minimum atomic E-state index is -0.294. The van der Waals surface area contributed by atoms with Crippen LogP contribution in [0.15, 0.2) is 18.3 Å². The van der Waals surface area contributed by atoms with Gasteiger partial charge in [-0.3, -0.25) is 9.78 Å². The number of amides is 1. The van der Waals surface area contributed by atoms with Crippen LogP contribution in [0.4, 0.5) is 5.69 Å². The van der Waals surface area contributed by atoms with Crippen molar-refractivity contribution in [2.24, 2.45) is 5.73 Å². The van der Waals surface area contributed by atoms with Crippen LogP contribution in [0, 0.1) is 0 Å². The Bertz CT molecular complexity index is 442. The molecule has 1 rings (SSSR count). The zero-order valence-electron chi connectivity index (χ0n) is 11.5. The lowest BCUT2D eigenvalue weighted by molar-refractivity contribution is -0.131. The SMILES string of the molecule is CCN(CC)C(=O)C(C)Nc1ccc(C(N)=S)nc1. The van der Waals surface area contributed by atoms with Crippen molar-refractivity contribution in [3.8, 4) is 0 Å². The summed E-state index contributed by atoms with van der Waals surface area (Å²) in [5, 5.41) is 3.12. The van der Waals surface area contributed by atoms with Gasteiger partial charge in [-0.1, -0.05) is 12.2 Å². The quantitative estimate of drug-likeness (QED) is 0.770. The summed E-state index contributed by atoms with van der Waals surface area (Å²) in [5.74, 6) is 0.0726. The number of hydrogen-bond donors (Lipinski definition) is 2. The Kier molecular flexibility index (Phi) is 5.69. The Balaban J connectivity index is 2.68. The van der Waals surface area contributed by atoms with Gasteiger partial charge in [0.15, 0.2) is 0 Å². The molecule has 0 spiro atoms. The standard InChI is InChI=1S/C13H20N4OS/c1-4-17(5-2)13(18)9(3)16-10-6-7-11(12(14)19)15-8-10/h6-9,16H,4-5H2,1-3H3,(H2,14,19). The zero-order valence-corrected chi connectivity index (χ0v) is 12.3. The van der Waals surface area contributed by atoms with E-state index in [0.29, 0.717) is 18.8 Å². The van der Waals surface area contributed by atoms with Crippen LogP contribution in [0.5, 0.6) is 0 Å². The van der Waals surface area contributed by atoms with Crippen LogP contribution in [0.25, 0.3) is 0 Å². The van der Waals surface area contributed by atoms with E-state index >= 15 is 0 Å². The molecule has 0 aliphatic rings. The molecular weight excluding hydrogens is 260 g/mol. The Labute approximate surface area is 119 Å². The third-order valence-corrected chi connectivity index (χ3v) is 3.05. The van der Waals surface area contributed by atoms with Crippen LogP contribution in [-0.2, 0) is 4.79 Å². The van der Waals surface area contributed by atoms with Gasteiger partial charge in [-0.05, 0) is 32.9 Å². The van der Waals surface area contributed by atoms with Gasteiger partial charge in [0, 0.05) is 13.1 Å². The second-order valence-electron chi connectivity index (χ2n) is 4.17. The third-order valence-electron chi connectivity index (χ3n) is 2.84. The fourth-order valence-corrected chi connectivity index (χ4v) is 1.87. The molecule has 0 bridgehead atoms. The van der Waals surface area contributed by atoms with Crippen molar-refractivity contribution in [1.29, 1.82) is 0 Å². The smallest absolute Gasteiger partial charge is 0.244 e. The normalized spacial score (nSPS) is 11.7. The van der Waals surface area contributed by atoms with Crippen molar-refractivity contribution < 1.29 is 4.79 Å². The average molecular weight is 280 g/mol. The summed E-state index contributed by atoms with van der Waals surface area (Å²) in [6.45, 7) is 7.18. The Morgan fingerprint density at radius 3 is 2.53 bits per heavy atom. The minimum Gasteiger partial charge on any atom is -0.388 e. The molecule has 1 aromatic heterocycles. The van der Waals surface area contributed by atoms with Crippen molar-refractivity contribution in [2.45, 2.75) is 26.8 Å². The third kappa shape index (κ3) is 4.17. The van der Waals surface area contributed by atoms with Crippen molar-refractivity contribution in [1.82, 2.24) is 9.88 Å². The number of hydrogen-bond acceptors (Lipinski definition) is 4. The van der Waals surface area contributed by atoms with Crippen molar-refractivity contribution in [3.05, 3.63) is 24.0 Å². The monoisotopic (exact) mass is 280 g/mol. The number of thiocarbonyl (C=S) groups is 1. The minimum absolute atomic E-state index is 0.0726. The van der Waals surface area contributed by atoms with E-state index in [2.05, 4.69) is 10.3 Å². The first-order valence-electron chi connectivity index (χ1n) is 6.30. The Hall–Kier alpha value is -1.69. The molecule has 0 saturated carbocycles. The Morgan fingerprint density at radius 1 is 1.47 bits per heavy atom. The topological polar surface area (TPSA) is 71.2 Å². The molecular formula is C13H20N4OS. The first-order valence-corrected chi connectivity index (χ1v) is 6.71. The number of anilines is 1. The summed E-state index contributed by atoms with van der Waals surface area (Å²) in [4.78, 5) is 18.3. The second-order valence-corrected chi connectivity index (χ2v) is 4.61. The molecule has 1 heterocycles. The van der Waals surface area contributed by atoms with Crippen LogP contribution in [-0.4, -0.2) is 39.9 Å². The molecule has 0 aliphatic heterocycles. The molecule has 1 unspecified atom stereocenters. The van der Waals surface area contributed by atoms with E-state index in [1.807, 2.05) is 26.8 Å². The van der Waals surface area contributed by atoms with Gasteiger partial charge < -0.3 is 16.0 Å². The molecule has 1 amide bonds. The lowest BCUT2D eigenvalue weighted by atomic mass is 10.2. The van der Waals surface area contributed by atoms with E-state index in [9.17, 15) is 4.79 Å². The molecule has 1 atom stereocenters. The summed E-state index contributed by atoms with van der Waals surface area (Å²) in [6, 6.07) is 3.25. The van der Waals surface area contributed by atoms with Crippen LogP contribution in [0.1, 0.15) is 26.5 Å². The largest absolute Gasteiger partial charge is 0.388 e. The number of aromatic nitrogens is 1. The van der Waals surface area contributed by atoms with Crippen molar-refractivity contribution >= 4 is 28.8 Å². The highest BCUT2D eigenvalue weighted by molar-refractivity contribution is 7.80. The lowest BCUT2D eigenvalue weighted by Gasteiger charge is -2.24. The van der Waals surface area contributed by atoms with Gasteiger partial charge in [-0.2, -0.15) is 0 Å². The number of likely N-dealkylation sites (N-methyl/N-ethyl adjacent to an activating group) is 1. The second kappa shape index (κ2) is 7.04. The number of nitrogens with one attached hydrogen (secondary N) is 1. The van der Waals surface area contributed by atoms with Crippen LogP contribution in [0.2, 0.25) is 0 Å². The molecule has 0 aliphatic carbocycles. The van der Waals surface area contributed by atoms with Gasteiger partial charge in [0.1, 0.15) is 11.0 Å². The maximum absolute atomic E-state index is 12.1. The molecule has 104 valence electrons. The number of carbonyl (C=O) groups is 1. The highest BCUT2D eigenvalue weighted by Crippen LogP contribution is 2.09. The number of pyridine rings is 1. The Morgan fingerprint density at radius 2 is 2.11 bits per heavy atom. The van der Waals surface area contributed by atoms with Gasteiger partial charge in [0.2, 0.25) is 5.91 Å². The van der Waals surface area contributed by atoms with E-state index in [0.717, 1.165) is 5.69 Å². The first-order chi connectivity index (χ1) is 8.99. The lowest BCUT2D eigenvalue weighted by Crippen LogP contribution is -2.41. The summed E-state index contributed by atoms with van der Waals surface area (Å²) in [6.07, 6.45) is 1.63. The number of nitrogens with zero attached hydrogens (tertiary/aromatic N) is 2. The number of rotatable bonds is 6. The molecule has 5 nitrogen and oxygen atoms in total. The maximum Gasteiger partial charge on any atom is 0.244 e. The van der Waals surface area contributed by atoms with Gasteiger partial charge in [-0.15, -0.1) is 0 Å². The number of nitrogens with two attached hydrogens (primary N) is 1. The highest BCUT2D eigenvalue weighted by Gasteiger charge is 2.17. The fraction of sp³-hybridized carbons (Fsp3) is 0.462. The molecule has 19 heavy (non-hydrogen) atoms. The summed E-state index contributed by atoms with van der Waals surface area (Å²) in [7, 11) is 0. The predicted molar refractivity (Wildman–Crippen MR) is 81.1 cm³/mol. The van der Waals surface area contributed by atoms with Crippen LogP contribution >= 0.6 is 12.2 Å². The molecule has 6 heteroatoms. The van der Waals surface area contributed by atoms with E-state index < -0.39 is 0 Å². The molecule has 0 saturated heterocycles. The van der Waals surface area contributed by atoms with Gasteiger partial charge in [0.25, 0.3) is 0 Å². The van der Waals surface area contributed by atoms with E-state index in [-0.39, 0.29) is 16.9 Å². The molecule has 0 fully saturated rings. The summed E-state index contributed by atoms with van der Waals surface area (Å²) >= 11 is 4.83. The average Bonchev–Trinajstić information content (AvgIpc) is 2.40. The van der Waals surface area contributed by atoms with E-state index in [4.69, 9.17) is 18.0 Å². The number of carbonyl (C=O) groups excluding carboxylic acids is 1. The van der Waals surface area contributed by atoms with Crippen molar-refractivity contribution in [3.63, 3.8) is 0 Å². The summed E-state index contributed by atoms with van der Waals surface area (Å²) in [5.41, 5.74) is 6.82. The van der Waals surface area contributed by atoms with Crippen LogP contribution < -0.4 is 11.1 Å². The van der Waals surface area contributed by atoms with E-state index in [1.54, 1.807) is 17.2 Å². The molecule has 1 aromatic rings. The van der Waals surface area contributed by atoms with Crippen molar-refractivity contribution in [2.75, 3.05) is 18.4 Å². The summed E-state index contributed by atoms with van der Waals surface area (Å²) < 4.78 is 0. The maximum atomic E-state index is 12.1. The van der Waals surface area contributed by atoms with E-state index in [1.165, 1.54) is 0 Å². The molecule has 0 aromatic carbocycles. The molecule has 0 radical (unpaired) electrons. The van der Waals surface area contributed by atoms with Gasteiger partial charge >= 0.3 is 0 Å². The highest BCUT2D eigenvalue weighted by atomic mass is 32.1. The molecule has 3 N–H and O–H groups in total.